The van der Waals surface area contributed by atoms with Gasteiger partial charge in [0.2, 0.25) is 0 Å². The van der Waals surface area contributed by atoms with E-state index in [9.17, 15) is 4.39 Å². The third kappa shape index (κ3) is 3.49. The van der Waals surface area contributed by atoms with E-state index in [0.717, 1.165) is 44.0 Å². The number of rotatable bonds is 3. The van der Waals surface area contributed by atoms with E-state index in [-0.39, 0.29) is 5.82 Å². The minimum Gasteiger partial charge on any atom is -0.384 e. The summed E-state index contributed by atoms with van der Waals surface area (Å²) in [6.07, 6.45) is 1.82. The number of halogens is 1. The number of pyridine rings is 1. The summed E-state index contributed by atoms with van der Waals surface area (Å²) in [6, 6.07) is 10.6. The van der Waals surface area contributed by atoms with Gasteiger partial charge in [0.15, 0.2) is 0 Å². The van der Waals surface area contributed by atoms with Gasteiger partial charge in [-0.1, -0.05) is 12.1 Å². The molecule has 0 spiro atoms. The lowest BCUT2D eigenvalue weighted by molar-refractivity contribution is 0.250. The molecule has 1 aromatic heterocycles. The number of piperazine rings is 1. The van der Waals surface area contributed by atoms with Crippen LogP contribution in [0.5, 0.6) is 0 Å². The van der Waals surface area contributed by atoms with Crippen molar-refractivity contribution in [1.29, 1.82) is 0 Å². The lowest BCUT2D eigenvalue weighted by Gasteiger charge is -2.36. The van der Waals surface area contributed by atoms with Crippen LogP contribution in [0.2, 0.25) is 0 Å². The first-order valence-corrected chi connectivity index (χ1v) is 7.14. The average molecular weight is 286 g/mol. The van der Waals surface area contributed by atoms with Gasteiger partial charge in [0.05, 0.1) is 11.9 Å². The Morgan fingerprint density at radius 3 is 2.33 bits per heavy atom. The molecule has 0 saturated carbocycles. The van der Waals surface area contributed by atoms with E-state index in [0.29, 0.717) is 5.82 Å². The van der Waals surface area contributed by atoms with E-state index in [2.05, 4.69) is 14.8 Å². The van der Waals surface area contributed by atoms with Crippen molar-refractivity contribution in [2.45, 2.75) is 6.54 Å². The zero-order valence-electron chi connectivity index (χ0n) is 11.9. The molecule has 0 radical (unpaired) electrons. The first-order valence-electron chi connectivity index (χ1n) is 7.14. The Labute approximate surface area is 124 Å². The summed E-state index contributed by atoms with van der Waals surface area (Å²) in [4.78, 5) is 8.83. The van der Waals surface area contributed by atoms with E-state index in [4.69, 9.17) is 5.73 Å². The van der Waals surface area contributed by atoms with E-state index >= 15 is 0 Å². The average Bonchev–Trinajstić information content (AvgIpc) is 2.51. The SMILES string of the molecule is Nc1ccc(N2CCN(Cc3ccc(F)cc3)CC2)cn1. The maximum atomic E-state index is 12.9. The van der Waals surface area contributed by atoms with Gasteiger partial charge in [-0.2, -0.15) is 0 Å². The predicted octanol–water partition coefficient (Wildman–Crippen LogP) is 2.13. The number of anilines is 2. The summed E-state index contributed by atoms with van der Waals surface area (Å²) in [7, 11) is 0. The molecule has 1 aromatic carbocycles. The zero-order chi connectivity index (χ0) is 14.7. The van der Waals surface area contributed by atoms with Crippen LogP contribution in [-0.4, -0.2) is 36.1 Å². The second-order valence-corrected chi connectivity index (χ2v) is 5.33. The van der Waals surface area contributed by atoms with Crippen molar-refractivity contribution in [3.05, 3.63) is 54.0 Å². The van der Waals surface area contributed by atoms with Crippen molar-refractivity contribution in [1.82, 2.24) is 9.88 Å². The highest BCUT2D eigenvalue weighted by Crippen LogP contribution is 2.17. The van der Waals surface area contributed by atoms with Crippen LogP contribution >= 0.6 is 0 Å². The van der Waals surface area contributed by atoms with Gasteiger partial charge in [0.1, 0.15) is 11.6 Å². The molecule has 1 fully saturated rings. The van der Waals surface area contributed by atoms with Gasteiger partial charge in [-0.25, -0.2) is 9.37 Å². The third-order valence-corrected chi connectivity index (χ3v) is 3.83. The highest BCUT2D eigenvalue weighted by atomic mass is 19.1. The number of nitrogens with zero attached hydrogens (tertiary/aromatic N) is 3. The first-order chi connectivity index (χ1) is 10.2. The van der Waals surface area contributed by atoms with Crippen LogP contribution in [-0.2, 0) is 6.54 Å². The molecule has 3 rings (SSSR count). The number of benzene rings is 1. The smallest absolute Gasteiger partial charge is 0.123 e. The fourth-order valence-corrected chi connectivity index (χ4v) is 2.60. The fourth-order valence-electron chi connectivity index (χ4n) is 2.60. The Balaban J connectivity index is 1.55. The molecule has 1 aliphatic heterocycles. The van der Waals surface area contributed by atoms with Gasteiger partial charge in [-0.05, 0) is 29.8 Å². The topological polar surface area (TPSA) is 45.4 Å². The number of nitrogens with two attached hydrogens (primary N) is 1. The van der Waals surface area contributed by atoms with Crippen LogP contribution < -0.4 is 10.6 Å². The molecular weight excluding hydrogens is 267 g/mol. The molecule has 110 valence electrons. The number of hydrogen-bond acceptors (Lipinski definition) is 4. The van der Waals surface area contributed by atoms with Crippen LogP contribution in [0.4, 0.5) is 15.9 Å². The Morgan fingerprint density at radius 1 is 1.00 bits per heavy atom. The predicted molar refractivity (Wildman–Crippen MR) is 82.5 cm³/mol. The van der Waals surface area contributed by atoms with Gasteiger partial charge in [-0.15, -0.1) is 0 Å². The Hall–Kier alpha value is -2.14. The molecule has 21 heavy (non-hydrogen) atoms. The number of hydrogen-bond donors (Lipinski definition) is 1. The molecule has 0 bridgehead atoms. The van der Waals surface area contributed by atoms with Crippen LogP contribution in [0.1, 0.15) is 5.56 Å². The molecule has 0 amide bonds. The molecule has 2 N–H and O–H groups in total. The van der Waals surface area contributed by atoms with E-state index in [1.165, 1.54) is 12.1 Å². The second kappa shape index (κ2) is 6.10. The van der Waals surface area contributed by atoms with Crippen molar-refractivity contribution in [2.75, 3.05) is 36.8 Å². The van der Waals surface area contributed by atoms with Gasteiger partial charge in [-0.3, -0.25) is 4.90 Å². The van der Waals surface area contributed by atoms with Gasteiger partial charge < -0.3 is 10.6 Å². The summed E-state index contributed by atoms with van der Waals surface area (Å²) >= 11 is 0. The van der Waals surface area contributed by atoms with Gasteiger partial charge >= 0.3 is 0 Å². The number of nitrogen functional groups attached to an aromatic ring is 1. The standard InChI is InChI=1S/C16H19FN4/c17-14-3-1-13(2-4-14)12-20-7-9-21(10-8-20)15-5-6-16(18)19-11-15/h1-6,11H,7-10,12H2,(H2,18,19). The molecule has 4 nitrogen and oxygen atoms in total. The Bertz CT molecular complexity index is 574. The van der Waals surface area contributed by atoms with Crippen LogP contribution in [0.3, 0.4) is 0 Å². The summed E-state index contributed by atoms with van der Waals surface area (Å²) in [6.45, 7) is 4.77. The number of aromatic nitrogens is 1. The van der Waals surface area contributed by atoms with E-state index in [1.807, 2.05) is 30.5 Å². The minimum absolute atomic E-state index is 0.181. The molecule has 2 heterocycles. The van der Waals surface area contributed by atoms with Crippen molar-refractivity contribution in [2.24, 2.45) is 0 Å². The molecular formula is C16H19FN4. The summed E-state index contributed by atoms with van der Waals surface area (Å²) in [5.41, 5.74) is 7.88. The van der Waals surface area contributed by atoms with Crippen LogP contribution in [0, 0.1) is 5.82 Å². The van der Waals surface area contributed by atoms with Crippen molar-refractivity contribution in [3.63, 3.8) is 0 Å². The van der Waals surface area contributed by atoms with E-state index in [1.54, 1.807) is 0 Å². The lowest BCUT2D eigenvalue weighted by Crippen LogP contribution is -2.46. The summed E-state index contributed by atoms with van der Waals surface area (Å²) in [5.74, 6) is 0.369. The van der Waals surface area contributed by atoms with Gasteiger partial charge in [0, 0.05) is 32.7 Å². The van der Waals surface area contributed by atoms with E-state index < -0.39 is 0 Å². The normalized spacial score (nSPS) is 16.1. The summed E-state index contributed by atoms with van der Waals surface area (Å²) < 4.78 is 12.9. The fraction of sp³-hybridized carbons (Fsp3) is 0.312. The van der Waals surface area contributed by atoms with Crippen LogP contribution in [0.25, 0.3) is 0 Å². The maximum Gasteiger partial charge on any atom is 0.123 e. The van der Waals surface area contributed by atoms with Crippen molar-refractivity contribution >= 4 is 11.5 Å². The highest BCUT2D eigenvalue weighted by molar-refractivity contribution is 5.48. The van der Waals surface area contributed by atoms with Crippen molar-refractivity contribution < 1.29 is 4.39 Å². The zero-order valence-corrected chi connectivity index (χ0v) is 11.9. The molecule has 1 aliphatic rings. The monoisotopic (exact) mass is 286 g/mol. The molecule has 0 aliphatic carbocycles. The summed E-state index contributed by atoms with van der Waals surface area (Å²) in [5, 5.41) is 0. The maximum absolute atomic E-state index is 12.9. The molecule has 5 heteroatoms. The molecule has 0 atom stereocenters. The molecule has 0 unspecified atom stereocenters. The second-order valence-electron chi connectivity index (χ2n) is 5.33. The van der Waals surface area contributed by atoms with Gasteiger partial charge in [0.25, 0.3) is 0 Å². The van der Waals surface area contributed by atoms with Crippen molar-refractivity contribution in [3.8, 4) is 0 Å². The highest BCUT2D eigenvalue weighted by Gasteiger charge is 2.17. The first kappa shape index (κ1) is 13.8. The quantitative estimate of drug-likeness (QED) is 0.939. The molecule has 1 saturated heterocycles. The minimum atomic E-state index is -0.181. The van der Waals surface area contributed by atoms with Crippen LogP contribution in [0.15, 0.2) is 42.6 Å². The Morgan fingerprint density at radius 2 is 1.71 bits per heavy atom. The molecule has 2 aromatic rings. The Kier molecular flexibility index (Phi) is 4.01. The largest absolute Gasteiger partial charge is 0.384 e. The lowest BCUT2D eigenvalue weighted by atomic mass is 10.2. The third-order valence-electron chi connectivity index (χ3n) is 3.83.